The topological polar surface area (TPSA) is 64.1 Å². The van der Waals surface area contributed by atoms with Gasteiger partial charge in [-0.2, -0.15) is 0 Å². The zero-order chi connectivity index (χ0) is 18.5. The van der Waals surface area contributed by atoms with Crippen LogP contribution >= 0.6 is 11.3 Å². The van der Waals surface area contributed by atoms with Crippen LogP contribution < -0.4 is 10.1 Å². The fraction of sp³-hybridized carbons (Fsp3) is 0.0952. The molecule has 2 heterocycles. The summed E-state index contributed by atoms with van der Waals surface area (Å²) in [6.45, 7) is 0.493. The number of nitrogens with one attached hydrogen (secondary N) is 1. The van der Waals surface area contributed by atoms with Crippen LogP contribution in [0.2, 0.25) is 0 Å². The van der Waals surface area contributed by atoms with Crippen molar-refractivity contribution in [1.29, 1.82) is 0 Å². The number of para-hydroxylation sites is 1. The van der Waals surface area contributed by atoms with Crippen molar-refractivity contribution in [3.63, 3.8) is 0 Å². The second-order valence-corrected chi connectivity index (χ2v) is 6.70. The van der Waals surface area contributed by atoms with Gasteiger partial charge in [-0.15, -0.1) is 11.3 Å². The van der Waals surface area contributed by atoms with Crippen molar-refractivity contribution in [2.24, 2.45) is 0 Å². The molecule has 4 aromatic rings. The van der Waals surface area contributed by atoms with Gasteiger partial charge in [0.1, 0.15) is 12.4 Å². The van der Waals surface area contributed by atoms with Crippen molar-refractivity contribution in [2.75, 3.05) is 13.2 Å². The van der Waals surface area contributed by atoms with Gasteiger partial charge in [-0.05, 0) is 30.3 Å². The van der Waals surface area contributed by atoms with E-state index in [1.807, 2.05) is 54.6 Å². The van der Waals surface area contributed by atoms with Crippen molar-refractivity contribution in [1.82, 2.24) is 15.3 Å². The van der Waals surface area contributed by atoms with Gasteiger partial charge < -0.3 is 10.1 Å². The summed E-state index contributed by atoms with van der Waals surface area (Å²) in [6.07, 6.45) is 1.75. The first-order chi connectivity index (χ1) is 13.3. The highest BCUT2D eigenvalue weighted by Crippen LogP contribution is 2.21. The van der Waals surface area contributed by atoms with Gasteiger partial charge in [0.2, 0.25) is 0 Å². The fourth-order valence-electron chi connectivity index (χ4n) is 2.54. The van der Waals surface area contributed by atoms with Crippen LogP contribution in [0.1, 0.15) is 9.80 Å². The number of fused-ring (bicyclic) bond motifs is 2. The van der Waals surface area contributed by atoms with E-state index >= 15 is 0 Å². The molecule has 0 unspecified atom stereocenters. The Balaban J connectivity index is 1.28. The minimum absolute atomic E-state index is 0.216. The Kier molecular flexibility index (Phi) is 4.95. The van der Waals surface area contributed by atoms with Gasteiger partial charge in [0.25, 0.3) is 5.91 Å². The highest BCUT2D eigenvalue weighted by molar-refractivity contribution is 7.20. The first-order valence-electron chi connectivity index (χ1n) is 8.37. The number of carbonyl (C=O) groups is 1. The average Bonchev–Trinajstić information content (AvgIpc) is 3.15. The lowest BCUT2D eigenvalue weighted by Gasteiger charge is -2.03. The Labute approximate surface area is 160 Å². The molecule has 0 atom stereocenters. The van der Waals surface area contributed by atoms with Crippen molar-refractivity contribution < 1.29 is 9.53 Å². The summed E-state index contributed by atoms with van der Waals surface area (Å²) in [5, 5.41) is 4.26. The molecule has 0 fully saturated rings. The Hall–Kier alpha value is -3.43. The third kappa shape index (κ3) is 4.05. The minimum atomic E-state index is -0.216. The van der Waals surface area contributed by atoms with Crippen LogP contribution in [0.15, 0.2) is 60.8 Å². The van der Waals surface area contributed by atoms with E-state index in [0.29, 0.717) is 10.8 Å². The molecule has 0 aliphatic heterocycles. The Morgan fingerprint density at radius 2 is 2.00 bits per heavy atom. The summed E-state index contributed by atoms with van der Waals surface area (Å²) >= 11 is 1.37. The maximum Gasteiger partial charge on any atom is 0.281 e. The molecule has 0 aliphatic carbocycles. The summed E-state index contributed by atoms with van der Waals surface area (Å²) in [4.78, 5) is 20.7. The Bertz CT molecular complexity index is 1140. The molecule has 2 aromatic carbocycles. The monoisotopic (exact) mass is 373 g/mol. The number of hydrogen-bond acceptors (Lipinski definition) is 5. The number of ether oxygens (including phenoxy) is 1. The fourth-order valence-corrected chi connectivity index (χ4v) is 3.42. The van der Waals surface area contributed by atoms with Crippen molar-refractivity contribution in [3.8, 4) is 17.6 Å². The number of rotatable bonds is 4. The molecule has 1 N–H and O–H groups in total. The van der Waals surface area contributed by atoms with E-state index in [-0.39, 0.29) is 19.1 Å². The largest absolute Gasteiger partial charge is 0.481 e. The minimum Gasteiger partial charge on any atom is -0.481 e. The Morgan fingerprint density at radius 3 is 2.93 bits per heavy atom. The number of pyridine rings is 1. The van der Waals surface area contributed by atoms with E-state index in [0.717, 1.165) is 21.1 Å². The van der Waals surface area contributed by atoms with Gasteiger partial charge in [-0.25, -0.2) is 4.98 Å². The van der Waals surface area contributed by atoms with Crippen LogP contribution in [0.25, 0.3) is 21.1 Å². The molecule has 0 radical (unpaired) electrons. The van der Waals surface area contributed by atoms with Gasteiger partial charge >= 0.3 is 0 Å². The zero-order valence-corrected chi connectivity index (χ0v) is 15.1. The molecule has 2 aromatic heterocycles. The molecule has 132 valence electrons. The van der Waals surface area contributed by atoms with E-state index in [2.05, 4.69) is 27.1 Å². The molecular weight excluding hydrogens is 358 g/mol. The second-order valence-electron chi connectivity index (χ2n) is 5.67. The normalized spacial score (nSPS) is 10.4. The van der Waals surface area contributed by atoms with Gasteiger partial charge in [0.15, 0.2) is 5.01 Å². The first-order valence-corrected chi connectivity index (χ1v) is 9.18. The first kappa shape index (κ1) is 17.0. The third-order valence-corrected chi connectivity index (χ3v) is 4.87. The molecule has 5 nitrogen and oxygen atoms in total. The molecule has 0 saturated heterocycles. The number of carbonyl (C=O) groups excluding carboxylic acids is 1. The number of benzene rings is 2. The smallest absolute Gasteiger partial charge is 0.281 e. The quantitative estimate of drug-likeness (QED) is 0.555. The molecular formula is C21H15N3O2S. The van der Waals surface area contributed by atoms with E-state index in [1.165, 1.54) is 11.3 Å². The lowest BCUT2D eigenvalue weighted by atomic mass is 10.2. The summed E-state index contributed by atoms with van der Waals surface area (Å²) in [6, 6.07) is 17.3. The molecule has 0 spiro atoms. The van der Waals surface area contributed by atoms with Gasteiger partial charge in [0.05, 0.1) is 22.3 Å². The van der Waals surface area contributed by atoms with E-state index in [4.69, 9.17) is 4.74 Å². The SMILES string of the molecule is O=C(NCC#CCOc1ccc2cccnc2c1)c1nc2ccccc2s1. The molecule has 0 bridgehead atoms. The van der Waals surface area contributed by atoms with E-state index in [1.54, 1.807) is 6.20 Å². The maximum absolute atomic E-state index is 12.1. The Morgan fingerprint density at radius 1 is 1.07 bits per heavy atom. The third-order valence-electron chi connectivity index (χ3n) is 3.84. The molecule has 4 rings (SSSR count). The van der Waals surface area contributed by atoms with Crippen LogP contribution in [-0.2, 0) is 0 Å². The van der Waals surface area contributed by atoms with Crippen LogP contribution in [0.4, 0.5) is 0 Å². The standard InChI is InChI=1S/C21H15N3O2S/c25-20(21-24-17-7-1-2-8-19(17)27-21)23-11-3-4-13-26-16-10-9-15-6-5-12-22-18(15)14-16/h1-2,5-10,12,14H,11,13H2,(H,23,25). The lowest BCUT2D eigenvalue weighted by Crippen LogP contribution is -2.23. The van der Waals surface area contributed by atoms with Crippen LogP contribution in [0.5, 0.6) is 5.75 Å². The van der Waals surface area contributed by atoms with Crippen LogP contribution in [0, 0.1) is 11.8 Å². The second kappa shape index (κ2) is 7.85. The van der Waals surface area contributed by atoms with Gasteiger partial charge in [-0.3, -0.25) is 9.78 Å². The predicted molar refractivity (Wildman–Crippen MR) is 107 cm³/mol. The summed E-state index contributed by atoms with van der Waals surface area (Å²) in [5.74, 6) is 6.27. The van der Waals surface area contributed by atoms with Crippen molar-refractivity contribution in [3.05, 3.63) is 65.8 Å². The maximum atomic E-state index is 12.1. The predicted octanol–water partition coefficient (Wildman–Crippen LogP) is 3.66. The number of amides is 1. The molecule has 1 amide bonds. The van der Waals surface area contributed by atoms with Crippen LogP contribution in [0.3, 0.4) is 0 Å². The van der Waals surface area contributed by atoms with E-state index < -0.39 is 0 Å². The highest BCUT2D eigenvalue weighted by atomic mass is 32.1. The molecule has 0 saturated carbocycles. The summed E-state index contributed by atoms with van der Waals surface area (Å²) < 4.78 is 6.60. The number of hydrogen-bond donors (Lipinski definition) is 1. The number of nitrogens with zero attached hydrogens (tertiary/aromatic N) is 2. The average molecular weight is 373 g/mol. The van der Waals surface area contributed by atoms with Crippen LogP contribution in [-0.4, -0.2) is 29.0 Å². The molecule has 6 heteroatoms. The molecule has 0 aliphatic rings. The van der Waals surface area contributed by atoms with Gasteiger partial charge in [-0.1, -0.05) is 30.0 Å². The zero-order valence-electron chi connectivity index (χ0n) is 14.3. The number of thiazole rings is 1. The number of aromatic nitrogens is 2. The van der Waals surface area contributed by atoms with Crippen molar-refractivity contribution in [2.45, 2.75) is 0 Å². The highest BCUT2D eigenvalue weighted by Gasteiger charge is 2.10. The summed E-state index contributed by atoms with van der Waals surface area (Å²) in [5.41, 5.74) is 1.71. The van der Waals surface area contributed by atoms with E-state index in [9.17, 15) is 4.79 Å². The van der Waals surface area contributed by atoms with Crippen molar-refractivity contribution >= 4 is 38.4 Å². The van der Waals surface area contributed by atoms with Gasteiger partial charge in [0, 0.05) is 17.6 Å². The summed E-state index contributed by atoms with van der Waals surface area (Å²) in [7, 11) is 0. The lowest BCUT2D eigenvalue weighted by molar-refractivity contribution is 0.0958. The molecule has 27 heavy (non-hydrogen) atoms.